The van der Waals surface area contributed by atoms with E-state index in [0.29, 0.717) is 6.04 Å². The molecule has 3 heteroatoms. The Morgan fingerprint density at radius 3 is 2.22 bits per heavy atom. The summed E-state index contributed by atoms with van der Waals surface area (Å²) < 4.78 is 0.946. The molecule has 0 bridgehead atoms. The predicted octanol–water partition coefficient (Wildman–Crippen LogP) is 2.09. The van der Waals surface area contributed by atoms with Gasteiger partial charge in [-0.1, -0.05) is 34.8 Å². The van der Waals surface area contributed by atoms with Gasteiger partial charge in [-0.15, -0.1) is 0 Å². The van der Waals surface area contributed by atoms with Crippen LogP contribution in [0.3, 0.4) is 0 Å². The van der Waals surface area contributed by atoms with Gasteiger partial charge < -0.3 is 4.90 Å². The molecule has 1 nitrogen and oxygen atoms in total. The zero-order chi connectivity index (χ0) is 7.44. The van der Waals surface area contributed by atoms with Crippen LogP contribution in [0, 0.1) is 0 Å². The molecule has 0 aliphatic heterocycles. The molecular weight excluding hydrogens is 245 g/mol. The van der Waals surface area contributed by atoms with E-state index >= 15 is 0 Å². The summed E-state index contributed by atoms with van der Waals surface area (Å²) in [5, 5.41) is 0. The fourth-order valence-corrected chi connectivity index (χ4v) is 1.13. The molecule has 0 aromatic heterocycles. The molecule has 0 fully saturated rings. The van der Waals surface area contributed by atoms with E-state index in [9.17, 15) is 0 Å². The average Bonchev–Trinajstić information content (AvgIpc) is 1.84. The van der Waals surface area contributed by atoms with Crippen molar-refractivity contribution in [2.75, 3.05) is 11.5 Å². The lowest BCUT2D eigenvalue weighted by Gasteiger charge is -2.22. The lowest BCUT2D eigenvalue weighted by molar-refractivity contribution is 0.423. The van der Waals surface area contributed by atoms with Gasteiger partial charge in [0.15, 0.2) is 0 Å². The minimum Gasteiger partial charge on any atom is -0.366 e. The van der Waals surface area contributed by atoms with E-state index in [4.69, 9.17) is 12.2 Å². The summed E-state index contributed by atoms with van der Waals surface area (Å²) in [4.78, 5) is 3.15. The topological polar surface area (TPSA) is 3.24 Å². The van der Waals surface area contributed by atoms with Crippen molar-refractivity contribution in [2.24, 2.45) is 0 Å². The highest BCUT2D eigenvalue weighted by Crippen LogP contribution is 1.98. The molecule has 0 saturated carbocycles. The van der Waals surface area contributed by atoms with Crippen LogP contribution in [0.5, 0.6) is 0 Å². The summed E-state index contributed by atoms with van der Waals surface area (Å²) in [5.41, 5.74) is 0. The summed E-state index contributed by atoms with van der Waals surface area (Å²) in [6.07, 6.45) is 0. The summed E-state index contributed by atoms with van der Waals surface area (Å²) in [5.74, 6) is 0. The number of hydrogen-bond acceptors (Lipinski definition) is 1. The highest BCUT2D eigenvalue weighted by molar-refractivity contribution is 14.1. The van der Waals surface area contributed by atoms with Crippen molar-refractivity contribution in [1.29, 1.82) is 0 Å². The smallest absolute Gasteiger partial charge is 0.0877 e. The van der Waals surface area contributed by atoms with Crippen LogP contribution in [0.2, 0.25) is 0 Å². The molecule has 54 valence electrons. The van der Waals surface area contributed by atoms with Crippen LogP contribution in [0.15, 0.2) is 0 Å². The Bertz CT molecular complexity index is 103. The highest BCUT2D eigenvalue weighted by Gasteiger charge is 2.04. The van der Waals surface area contributed by atoms with Gasteiger partial charge >= 0.3 is 0 Å². The molecule has 0 heterocycles. The van der Waals surface area contributed by atoms with Crippen molar-refractivity contribution in [3.8, 4) is 0 Å². The third kappa shape index (κ3) is 3.35. The van der Waals surface area contributed by atoms with Gasteiger partial charge in [0, 0.05) is 13.1 Å². The molecule has 0 amide bonds. The second kappa shape index (κ2) is 4.44. The van der Waals surface area contributed by atoms with Crippen LogP contribution < -0.4 is 0 Å². The maximum atomic E-state index is 5.07. The summed E-state index contributed by atoms with van der Waals surface area (Å²) >= 11 is 7.35. The zero-order valence-electron chi connectivity index (χ0n) is 6.02. The van der Waals surface area contributed by atoms with Gasteiger partial charge in [-0.2, -0.15) is 0 Å². The maximum Gasteiger partial charge on any atom is 0.0877 e. The first-order valence-corrected chi connectivity index (χ1v) is 4.84. The molecule has 0 unspecified atom stereocenters. The molecular formula is C6H12INS. The summed E-state index contributed by atoms with van der Waals surface area (Å²) in [6, 6.07) is 0.535. The van der Waals surface area contributed by atoms with Gasteiger partial charge in [0.2, 0.25) is 0 Å². The number of halogens is 1. The lowest BCUT2D eigenvalue weighted by Crippen LogP contribution is -2.32. The van der Waals surface area contributed by atoms with E-state index in [1.54, 1.807) is 0 Å². The molecule has 0 aliphatic rings. The van der Waals surface area contributed by atoms with E-state index in [1.165, 1.54) is 0 Å². The Morgan fingerprint density at radius 2 is 2.11 bits per heavy atom. The third-order valence-corrected chi connectivity index (χ3v) is 2.95. The van der Waals surface area contributed by atoms with E-state index in [2.05, 4.69) is 41.3 Å². The second-order valence-electron chi connectivity index (χ2n) is 2.23. The Balaban J connectivity index is 3.72. The summed E-state index contributed by atoms with van der Waals surface area (Å²) in [6.45, 7) is 4.28. The first-order chi connectivity index (χ1) is 4.09. The van der Waals surface area contributed by atoms with Crippen LogP contribution in [0.1, 0.15) is 13.8 Å². The van der Waals surface area contributed by atoms with E-state index in [1.807, 2.05) is 7.05 Å². The molecule has 0 aliphatic carbocycles. The van der Waals surface area contributed by atoms with Crippen molar-refractivity contribution in [2.45, 2.75) is 19.9 Å². The lowest BCUT2D eigenvalue weighted by atomic mass is 10.3. The fraction of sp³-hybridized carbons (Fsp3) is 0.833. The minimum absolute atomic E-state index is 0.535. The van der Waals surface area contributed by atoms with Crippen molar-refractivity contribution in [3.63, 3.8) is 0 Å². The molecule has 0 aromatic carbocycles. The van der Waals surface area contributed by atoms with Crippen LogP contribution in [0.4, 0.5) is 0 Å². The Hall–Kier alpha value is 0.620. The van der Waals surface area contributed by atoms with Gasteiger partial charge in [-0.05, 0) is 13.8 Å². The van der Waals surface area contributed by atoms with E-state index in [-0.39, 0.29) is 0 Å². The largest absolute Gasteiger partial charge is 0.366 e. The standard InChI is InChI=1S/C6H12INS/c1-5(2)8(3)6(9)4-7/h5H,4H2,1-3H3. The molecule has 0 rings (SSSR count). The van der Waals surface area contributed by atoms with Gasteiger partial charge in [0.1, 0.15) is 0 Å². The molecule has 0 atom stereocenters. The van der Waals surface area contributed by atoms with Gasteiger partial charge in [-0.25, -0.2) is 0 Å². The Morgan fingerprint density at radius 1 is 1.67 bits per heavy atom. The normalized spacial score (nSPS) is 9.89. The predicted molar refractivity (Wildman–Crippen MR) is 54.4 cm³/mol. The van der Waals surface area contributed by atoms with Crippen LogP contribution in [-0.2, 0) is 0 Å². The van der Waals surface area contributed by atoms with Crippen LogP contribution >= 0.6 is 34.8 Å². The molecule has 0 spiro atoms. The van der Waals surface area contributed by atoms with Crippen LogP contribution in [0.25, 0.3) is 0 Å². The van der Waals surface area contributed by atoms with Gasteiger partial charge in [0.25, 0.3) is 0 Å². The van der Waals surface area contributed by atoms with Gasteiger partial charge in [-0.3, -0.25) is 0 Å². The molecule has 0 N–H and O–H groups in total. The summed E-state index contributed by atoms with van der Waals surface area (Å²) in [7, 11) is 2.03. The van der Waals surface area contributed by atoms with Crippen molar-refractivity contribution >= 4 is 39.8 Å². The quantitative estimate of drug-likeness (QED) is 0.423. The van der Waals surface area contributed by atoms with Crippen molar-refractivity contribution in [1.82, 2.24) is 4.90 Å². The number of rotatable bonds is 2. The second-order valence-corrected chi connectivity index (χ2v) is 3.47. The first-order valence-electron chi connectivity index (χ1n) is 2.91. The van der Waals surface area contributed by atoms with Crippen molar-refractivity contribution < 1.29 is 0 Å². The average molecular weight is 257 g/mol. The maximum absolute atomic E-state index is 5.07. The number of alkyl halides is 1. The molecule has 0 radical (unpaired) electrons. The Labute approximate surface area is 75.9 Å². The minimum atomic E-state index is 0.535. The fourth-order valence-electron chi connectivity index (χ4n) is 0.382. The number of nitrogens with zero attached hydrogens (tertiary/aromatic N) is 1. The van der Waals surface area contributed by atoms with E-state index in [0.717, 1.165) is 9.42 Å². The third-order valence-electron chi connectivity index (χ3n) is 1.28. The number of hydrogen-bond donors (Lipinski definition) is 0. The molecule has 9 heavy (non-hydrogen) atoms. The monoisotopic (exact) mass is 257 g/mol. The SMILES string of the molecule is CC(C)N(C)C(=S)CI. The van der Waals surface area contributed by atoms with Crippen molar-refractivity contribution in [3.05, 3.63) is 0 Å². The van der Waals surface area contributed by atoms with Gasteiger partial charge in [0.05, 0.1) is 9.42 Å². The van der Waals surface area contributed by atoms with E-state index < -0.39 is 0 Å². The zero-order valence-corrected chi connectivity index (χ0v) is 8.99. The van der Waals surface area contributed by atoms with Crippen LogP contribution in [-0.4, -0.2) is 27.4 Å². The Kier molecular flexibility index (Phi) is 4.74. The molecule has 0 saturated heterocycles. The highest BCUT2D eigenvalue weighted by atomic mass is 127. The first kappa shape index (κ1) is 9.62. The molecule has 0 aromatic rings. The number of thiocarbonyl (C=S) groups is 1.